The minimum atomic E-state index is -1.26. The van der Waals surface area contributed by atoms with E-state index in [1.807, 2.05) is 12.2 Å². The van der Waals surface area contributed by atoms with E-state index in [1.54, 1.807) is 18.2 Å². The predicted octanol–water partition coefficient (Wildman–Crippen LogP) is 3.90. The number of nitrogens with zero attached hydrogens (tertiary/aromatic N) is 2. The minimum Gasteiger partial charge on any atom is -0.497 e. The number of benzene rings is 1. The van der Waals surface area contributed by atoms with Crippen molar-refractivity contribution in [2.45, 2.75) is 100 Å². The number of nitrogens with one attached hydrogen (secondary N) is 2. The molecule has 5 atom stereocenters. The Labute approximate surface area is 289 Å². The molecule has 14 nitrogen and oxygen atoms in total. The Morgan fingerprint density at radius 1 is 1.02 bits per heavy atom. The van der Waals surface area contributed by atoms with Crippen molar-refractivity contribution in [1.82, 2.24) is 20.5 Å². The predicted molar refractivity (Wildman–Crippen MR) is 179 cm³/mol. The minimum absolute atomic E-state index is 0.0380. The average Bonchev–Trinajstić information content (AvgIpc) is 3.38. The van der Waals surface area contributed by atoms with Gasteiger partial charge in [-0.05, 0) is 63.5 Å². The fraction of sp³-hybridized carbons (Fsp3) is 0.556. The maximum atomic E-state index is 14.4. The molecule has 2 aliphatic heterocycles. The summed E-state index contributed by atoms with van der Waals surface area (Å²) < 4.78 is 22.4. The molecule has 268 valence electrons. The van der Waals surface area contributed by atoms with Gasteiger partial charge in [0.2, 0.25) is 11.8 Å². The van der Waals surface area contributed by atoms with Gasteiger partial charge in [0.15, 0.2) is 5.69 Å². The van der Waals surface area contributed by atoms with Crippen LogP contribution in [0.1, 0.15) is 81.1 Å². The van der Waals surface area contributed by atoms with Crippen LogP contribution in [0.5, 0.6) is 11.5 Å². The number of carbonyl (C=O) groups excluding carboxylic acids is 4. The van der Waals surface area contributed by atoms with Crippen molar-refractivity contribution in [2.75, 3.05) is 20.8 Å². The highest BCUT2D eigenvalue weighted by Gasteiger charge is 2.62. The smallest absolute Gasteiger partial charge is 0.408 e. The van der Waals surface area contributed by atoms with Crippen LogP contribution in [0.4, 0.5) is 4.79 Å². The molecule has 1 aromatic carbocycles. The summed E-state index contributed by atoms with van der Waals surface area (Å²) in [5.74, 6) is -2.41. The number of aromatic carboxylic acids is 1. The van der Waals surface area contributed by atoms with Crippen LogP contribution in [0.15, 0.2) is 36.4 Å². The quantitative estimate of drug-likeness (QED) is 0.283. The molecule has 2 aliphatic carbocycles. The first-order valence-corrected chi connectivity index (χ1v) is 17.4. The van der Waals surface area contributed by atoms with Crippen LogP contribution in [-0.2, 0) is 23.9 Å². The molecule has 3 amide bonds. The normalized spacial score (nSPS) is 27.9. The molecule has 3 heterocycles. The van der Waals surface area contributed by atoms with Gasteiger partial charge < -0.3 is 39.6 Å². The largest absolute Gasteiger partial charge is 0.497 e. The molecule has 1 saturated heterocycles. The molecule has 3 fully saturated rings. The Balaban J connectivity index is 1.31. The van der Waals surface area contributed by atoms with E-state index in [1.165, 1.54) is 25.2 Å². The van der Waals surface area contributed by atoms with E-state index < -0.39 is 53.6 Å². The lowest BCUT2D eigenvalue weighted by molar-refractivity contribution is -0.148. The second kappa shape index (κ2) is 14.9. The van der Waals surface area contributed by atoms with Crippen LogP contribution in [0.3, 0.4) is 0 Å². The van der Waals surface area contributed by atoms with Crippen molar-refractivity contribution < 1.29 is 48.0 Å². The first-order valence-electron chi connectivity index (χ1n) is 17.4. The lowest BCUT2D eigenvalue weighted by Crippen LogP contribution is -2.56. The Morgan fingerprint density at radius 2 is 1.80 bits per heavy atom. The molecule has 2 aromatic rings. The number of amides is 3. The van der Waals surface area contributed by atoms with E-state index >= 15 is 0 Å². The summed E-state index contributed by atoms with van der Waals surface area (Å²) in [6.45, 7) is -0.0380. The number of fused-ring (bicyclic) bond motifs is 3. The van der Waals surface area contributed by atoms with E-state index in [4.69, 9.17) is 18.9 Å². The molecular weight excluding hydrogens is 648 g/mol. The van der Waals surface area contributed by atoms with Gasteiger partial charge in [-0.3, -0.25) is 9.59 Å². The van der Waals surface area contributed by atoms with Crippen LogP contribution < -0.4 is 20.1 Å². The SMILES string of the molecule is COC(=O)[C@@]12C[C@@H]1/C=C\CCCCC[C@H](NC(=O)OC1CCCC1)C(=O)N1C[C@H](Oc3cc(C(=O)O)nc4cc(OC)ccc34)C[C@H]1C(=O)N2. The van der Waals surface area contributed by atoms with E-state index in [0.717, 1.165) is 44.9 Å². The fourth-order valence-electron chi connectivity index (χ4n) is 7.34. The molecule has 0 bridgehead atoms. The van der Waals surface area contributed by atoms with E-state index in [2.05, 4.69) is 15.6 Å². The lowest BCUT2D eigenvalue weighted by atomic mass is 10.0. The van der Waals surface area contributed by atoms with Crippen LogP contribution in [0.25, 0.3) is 10.9 Å². The monoisotopic (exact) mass is 692 g/mol. The van der Waals surface area contributed by atoms with Crippen molar-refractivity contribution >= 4 is 40.7 Å². The van der Waals surface area contributed by atoms with Gasteiger partial charge in [-0.15, -0.1) is 0 Å². The average molecular weight is 693 g/mol. The number of methoxy groups -OCH3 is 2. The summed E-state index contributed by atoms with van der Waals surface area (Å²) in [6.07, 6.45) is 9.63. The van der Waals surface area contributed by atoms with Crippen LogP contribution in [0.2, 0.25) is 0 Å². The summed E-state index contributed by atoms with van der Waals surface area (Å²) in [6, 6.07) is 4.27. The van der Waals surface area contributed by atoms with Gasteiger partial charge in [-0.25, -0.2) is 19.4 Å². The zero-order chi connectivity index (χ0) is 35.4. The Hall–Kier alpha value is -4.88. The van der Waals surface area contributed by atoms with Crippen LogP contribution in [-0.4, -0.2) is 95.4 Å². The number of alkyl carbamates (subject to hydrolysis) is 1. The maximum absolute atomic E-state index is 14.4. The Morgan fingerprint density at radius 3 is 2.54 bits per heavy atom. The van der Waals surface area contributed by atoms with Gasteiger partial charge in [-0.1, -0.05) is 25.0 Å². The number of hydrogen-bond acceptors (Lipinski definition) is 10. The first kappa shape index (κ1) is 35.0. The second-order valence-electron chi connectivity index (χ2n) is 13.5. The highest BCUT2D eigenvalue weighted by molar-refractivity contribution is 5.97. The Bertz CT molecular complexity index is 1670. The zero-order valence-corrected chi connectivity index (χ0v) is 28.4. The highest BCUT2D eigenvalue weighted by Crippen LogP contribution is 2.46. The van der Waals surface area contributed by atoms with Crippen LogP contribution in [0, 0.1) is 5.92 Å². The number of rotatable bonds is 7. The third-order valence-electron chi connectivity index (χ3n) is 10.1. The van der Waals surface area contributed by atoms with E-state index in [-0.39, 0.29) is 36.4 Å². The van der Waals surface area contributed by atoms with E-state index in [9.17, 15) is 29.1 Å². The lowest BCUT2D eigenvalue weighted by Gasteiger charge is -2.29. The first-order chi connectivity index (χ1) is 24.1. The summed E-state index contributed by atoms with van der Waals surface area (Å²) in [5, 5.41) is 16.0. The molecule has 0 unspecified atom stereocenters. The summed E-state index contributed by atoms with van der Waals surface area (Å²) in [4.78, 5) is 72.1. The highest BCUT2D eigenvalue weighted by atomic mass is 16.6. The molecule has 1 aromatic heterocycles. The maximum Gasteiger partial charge on any atom is 0.408 e. The van der Waals surface area contributed by atoms with Gasteiger partial charge in [0.1, 0.15) is 41.3 Å². The second-order valence-corrected chi connectivity index (χ2v) is 13.5. The number of pyridine rings is 1. The van der Waals surface area contributed by atoms with Crippen LogP contribution >= 0.6 is 0 Å². The van der Waals surface area contributed by atoms with Crippen molar-refractivity contribution in [3.63, 3.8) is 0 Å². The van der Waals surface area contributed by atoms with Gasteiger partial charge in [-0.2, -0.15) is 0 Å². The molecule has 14 heteroatoms. The topological polar surface area (TPSA) is 183 Å². The molecule has 2 saturated carbocycles. The standard InChI is InChI=1S/C36H44N4O10/c1-47-23-14-15-25-27(16-23)37-28(33(43)44)18-30(25)49-24-17-29-31(41)39-36(34(45)48-2)19-21(36)10-6-4-3-5-7-13-26(32(42)40(29)20-24)38-35(46)50-22-11-8-9-12-22/h6,10,14-16,18,21-22,24,26,29H,3-5,7-9,11-13,17,19-20H2,1-2H3,(H,38,46)(H,39,41)(H,43,44)/b10-6-/t21-,24+,26-,29-,36+/m0/s1. The molecule has 0 spiro atoms. The number of carboxylic acids is 1. The molecule has 6 rings (SSSR count). The van der Waals surface area contributed by atoms with Crippen molar-refractivity contribution in [1.29, 1.82) is 0 Å². The number of allylic oxidation sites excluding steroid dienone is 1. The Kier molecular flexibility index (Phi) is 10.4. The molecule has 50 heavy (non-hydrogen) atoms. The number of aromatic nitrogens is 1. The van der Waals surface area contributed by atoms with Crippen molar-refractivity contribution in [3.05, 3.63) is 42.1 Å². The molecule has 0 radical (unpaired) electrons. The van der Waals surface area contributed by atoms with Crippen molar-refractivity contribution in [2.24, 2.45) is 5.92 Å². The zero-order valence-electron chi connectivity index (χ0n) is 28.4. The number of carbonyl (C=O) groups is 5. The number of hydrogen-bond donors (Lipinski definition) is 3. The van der Waals surface area contributed by atoms with Gasteiger partial charge in [0.05, 0.1) is 26.3 Å². The summed E-state index contributed by atoms with van der Waals surface area (Å²) >= 11 is 0. The number of esters is 1. The third-order valence-corrected chi connectivity index (χ3v) is 10.1. The molecule has 3 N–H and O–H groups in total. The number of ether oxygens (including phenoxy) is 4. The summed E-state index contributed by atoms with van der Waals surface area (Å²) in [5.41, 5.74) is -1.17. The molecular formula is C36H44N4O10. The van der Waals surface area contributed by atoms with E-state index in [0.29, 0.717) is 35.9 Å². The molecule has 4 aliphatic rings. The summed E-state index contributed by atoms with van der Waals surface area (Å²) in [7, 11) is 2.76. The van der Waals surface area contributed by atoms with Crippen molar-refractivity contribution in [3.8, 4) is 11.5 Å². The third kappa shape index (κ3) is 7.48. The van der Waals surface area contributed by atoms with Gasteiger partial charge in [0, 0.05) is 29.9 Å². The number of carboxylic acid groups (broad SMARTS) is 1. The van der Waals surface area contributed by atoms with Gasteiger partial charge >= 0.3 is 18.0 Å². The van der Waals surface area contributed by atoms with Gasteiger partial charge in [0.25, 0.3) is 0 Å². The fourth-order valence-corrected chi connectivity index (χ4v) is 7.34.